The van der Waals surface area contributed by atoms with Gasteiger partial charge in [0.15, 0.2) is 0 Å². The maximum absolute atomic E-state index is 12.0. The van der Waals surface area contributed by atoms with Crippen LogP contribution in [0.4, 0.5) is 5.69 Å². The van der Waals surface area contributed by atoms with Crippen LogP contribution in [0.1, 0.15) is 29.5 Å². The second-order valence-corrected chi connectivity index (χ2v) is 6.47. The summed E-state index contributed by atoms with van der Waals surface area (Å²) in [6, 6.07) is 12.7. The molecule has 0 atom stereocenters. The Hall–Kier alpha value is -3.35. The van der Waals surface area contributed by atoms with Crippen LogP contribution in [0.2, 0.25) is 0 Å². The van der Waals surface area contributed by atoms with E-state index in [1.807, 2.05) is 32.0 Å². The molecule has 0 aliphatic heterocycles. The first-order valence-corrected chi connectivity index (χ1v) is 8.95. The number of carbonyl (C=O) groups is 3. The monoisotopic (exact) mass is 383 g/mol. The van der Waals surface area contributed by atoms with Gasteiger partial charge in [0, 0.05) is 18.5 Å². The summed E-state index contributed by atoms with van der Waals surface area (Å²) in [6.45, 7) is 3.96. The summed E-state index contributed by atoms with van der Waals surface area (Å²) in [5.74, 6) is -0.337. The van der Waals surface area contributed by atoms with Gasteiger partial charge in [-0.1, -0.05) is 18.2 Å². The number of carbonyl (C=O) groups excluding carboxylic acids is 3. The lowest BCUT2D eigenvalue weighted by Crippen LogP contribution is -2.42. The van der Waals surface area contributed by atoms with Crippen LogP contribution in [0.25, 0.3) is 0 Å². The zero-order valence-electron chi connectivity index (χ0n) is 16.3. The quantitative estimate of drug-likeness (QED) is 0.640. The number of aryl methyl sites for hydroxylation is 2. The number of methoxy groups -OCH3 is 1. The summed E-state index contributed by atoms with van der Waals surface area (Å²) in [4.78, 5) is 35.6. The lowest BCUT2D eigenvalue weighted by atomic mass is 10.1. The Bertz CT molecular complexity index is 847. The third-order valence-corrected chi connectivity index (χ3v) is 4.23. The molecule has 0 fully saturated rings. The minimum Gasteiger partial charge on any atom is -0.497 e. The Kier molecular flexibility index (Phi) is 7.56. The van der Waals surface area contributed by atoms with E-state index in [0.29, 0.717) is 11.4 Å². The summed E-state index contributed by atoms with van der Waals surface area (Å²) < 4.78 is 5.06. The molecule has 7 nitrogen and oxygen atoms in total. The number of amides is 3. The molecule has 28 heavy (non-hydrogen) atoms. The van der Waals surface area contributed by atoms with Crippen molar-refractivity contribution in [2.75, 3.05) is 12.4 Å². The highest BCUT2D eigenvalue weighted by Crippen LogP contribution is 2.14. The van der Waals surface area contributed by atoms with Crippen molar-refractivity contribution in [3.05, 3.63) is 59.2 Å². The second-order valence-electron chi connectivity index (χ2n) is 6.47. The van der Waals surface area contributed by atoms with E-state index in [1.165, 1.54) is 0 Å². The van der Waals surface area contributed by atoms with Crippen LogP contribution in [0.3, 0.4) is 0 Å². The van der Waals surface area contributed by atoms with Crippen LogP contribution < -0.4 is 20.9 Å². The molecule has 3 amide bonds. The minimum absolute atomic E-state index is 0.0209. The average Bonchev–Trinajstić information content (AvgIpc) is 2.68. The highest BCUT2D eigenvalue weighted by atomic mass is 16.5. The largest absolute Gasteiger partial charge is 0.497 e. The third-order valence-electron chi connectivity index (χ3n) is 4.23. The Morgan fingerprint density at radius 2 is 1.46 bits per heavy atom. The van der Waals surface area contributed by atoms with E-state index in [0.717, 1.165) is 16.7 Å². The predicted molar refractivity (Wildman–Crippen MR) is 107 cm³/mol. The van der Waals surface area contributed by atoms with Gasteiger partial charge >= 0.3 is 0 Å². The van der Waals surface area contributed by atoms with Gasteiger partial charge in [0.2, 0.25) is 17.7 Å². The van der Waals surface area contributed by atoms with Crippen molar-refractivity contribution < 1.29 is 19.1 Å². The van der Waals surface area contributed by atoms with Gasteiger partial charge in [-0.05, 0) is 54.8 Å². The second kappa shape index (κ2) is 10.1. The number of ether oxygens (including phenoxy) is 1. The number of nitrogens with one attached hydrogen (secondary N) is 3. The molecule has 0 aliphatic carbocycles. The van der Waals surface area contributed by atoms with Crippen LogP contribution in [-0.2, 0) is 20.8 Å². The summed E-state index contributed by atoms with van der Waals surface area (Å²) in [5, 5.41) is 2.76. The van der Waals surface area contributed by atoms with Crippen molar-refractivity contribution in [3.8, 4) is 5.75 Å². The van der Waals surface area contributed by atoms with Gasteiger partial charge in [0.25, 0.3) is 0 Å². The Labute approximate surface area is 164 Å². The smallest absolute Gasteiger partial charge is 0.242 e. The maximum atomic E-state index is 12.0. The van der Waals surface area contributed by atoms with Crippen molar-refractivity contribution in [2.45, 2.75) is 33.1 Å². The fourth-order valence-electron chi connectivity index (χ4n) is 2.44. The summed E-state index contributed by atoms with van der Waals surface area (Å²) in [5.41, 5.74) is 8.37. The van der Waals surface area contributed by atoms with Crippen molar-refractivity contribution in [1.29, 1.82) is 0 Å². The highest BCUT2D eigenvalue weighted by Gasteiger charge is 2.09. The molecule has 148 valence electrons. The number of anilines is 1. The molecule has 0 heterocycles. The molecule has 0 spiro atoms. The molecule has 0 saturated heterocycles. The van der Waals surface area contributed by atoms with E-state index in [9.17, 15) is 14.4 Å². The number of rotatable bonds is 7. The highest BCUT2D eigenvalue weighted by molar-refractivity contribution is 5.93. The fourth-order valence-corrected chi connectivity index (χ4v) is 2.44. The molecule has 0 aliphatic rings. The lowest BCUT2D eigenvalue weighted by molar-refractivity contribution is -0.129. The molecule has 0 saturated carbocycles. The van der Waals surface area contributed by atoms with Crippen LogP contribution in [0.15, 0.2) is 42.5 Å². The van der Waals surface area contributed by atoms with Gasteiger partial charge in [-0.25, -0.2) is 0 Å². The molecule has 0 bridgehead atoms. The van der Waals surface area contributed by atoms with Gasteiger partial charge in [-0.3, -0.25) is 25.2 Å². The SMILES string of the molecule is COc1ccc(CC(=O)NNC(=O)CCC(=O)Nc2ccc(C)c(C)c2)cc1. The predicted octanol–water partition coefficient (Wildman–Crippen LogP) is 2.42. The maximum Gasteiger partial charge on any atom is 0.242 e. The van der Waals surface area contributed by atoms with E-state index < -0.39 is 5.91 Å². The summed E-state index contributed by atoms with van der Waals surface area (Å²) in [7, 11) is 1.57. The molecule has 0 aromatic heterocycles. The minimum atomic E-state index is -0.432. The lowest BCUT2D eigenvalue weighted by Gasteiger charge is -2.09. The van der Waals surface area contributed by atoms with Gasteiger partial charge in [0.1, 0.15) is 5.75 Å². The summed E-state index contributed by atoms with van der Waals surface area (Å²) in [6.07, 6.45) is 0.115. The zero-order valence-corrected chi connectivity index (χ0v) is 16.3. The first kappa shape index (κ1) is 21.0. The fraction of sp³-hybridized carbons (Fsp3) is 0.286. The Balaban J connectivity index is 1.69. The molecular formula is C21H25N3O4. The number of benzene rings is 2. The molecule has 2 aromatic rings. The Morgan fingerprint density at radius 1 is 0.821 bits per heavy atom. The van der Waals surface area contributed by atoms with E-state index in [4.69, 9.17) is 4.74 Å². The third kappa shape index (κ3) is 6.75. The molecule has 2 aromatic carbocycles. The number of hydrogen-bond acceptors (Lipinski definition) is 4. The van der Waals surface area contributed by atoms with E-state index >= 15 is 0 Å². The molecule has 2 rings (SSSR count). The van der Waals surface area contributed by atoms with E-state index in [1.54, 1.807) is 31.4 Å². The average molecular weight is 383 g/mol. The first-order chi connectivity index (χ1) is 13.4. The molecule has 3 N–H and O–H groups in total. The van der Waals surface area contributed by atoms with Crippen LogP contribution >= 0.6 is 0 Å². The number of hydrogen-bond donors (Lipinski definition) is 3. The topological polar surface area (TPSA) is 96.5 Å². The van der Waals surface area contributed by atoms with Gasteiger partial charge < -0.3 is 10.1 Å². The Morgan fingerprint density at radius 3 is 2.11 bits per heavy atom. The van der Waals surface area contributed by atoms with Crippen molar-refractivity contribution in [1.82, 2.24) is 10.9 Å². The van der Waals surface area contributed by atoms with Crippen LogP contribution in [0, 0.1) is 13.8 Å². The van der Waals surface area contributed by atoms with Crippen LogP contribution in [-0.4, -0.2) is 24.8 Å². The van der Waals surface area contributed by atoms with Gasteiger partial charge in [-0.2, -0.15) is 0 Å². The van der Waals surface area contributed by atoms with E-state index in [2.05, 4.69) is 16.2 Å². The molecule has 7 heteroatoms. The molecule has 0 unspecified atom stereocenters. The van der Waals surface area contributed by atoms with Crippen molar-refractivity contribution in [2.24, 2.45) is 0 Å². The van der Waals surface area contributed by atoms with Gasteiger partial charge in [-0.15, -0.1) is 0 Å². The van der Waals surface area contributed by atoms with Gasteiger partial charge in [0.05, 0.1) is 13.5 Å². The summed E-state index contributed by atoms with van der Waals surface area (Å²) >= 11 is 0. The van der Waals surface area contributed by atoms with Crippen molar-refractivity contribution in [3.63, 3.8) is 0 Å². The number of hydrazine groups is 1. The van der Waals surface area contributed by atoms with Crippen LogP contribution in [0.5, 0.6) is 5.75 Å². The molecule has 0 radical (unpaired) electrons. The van der Waals surface area contributed by atoms with Crippen molar-refractivity contribution >= 4 is 23.4 Å². The normalized spacial score (nSPS) is 10.1. The first-order valence-electron chi connectivity index (χ1n) is 8.95. The van der Waals surface area contributed by atoms with E-state index in [-0.39, 0.29) is 31.1 Å². The zero-order chi connectivity index (χ0) is 20.5. The standard InChI is InChI=1S/C21H25N3O4/c1-14-4-7-17(12-15(14)2)22-19(25)10-11-20(26)23-24-21(27)13-16-5-8-18(28-3)9-6-16/h4-9,12H,10-11,13H2,1-3H3,(H,22,25)(H,23,26)(H,24,27). The molecular weight excluding hydrogens is 358 g/mol.